The molecule has 1 aromatic heterocycles. The van der Waals surface area contributed by atoms with E-state index >= 15 is 0 Å². The highest BCUT2D eigenvalue weighted by Crippen LogP contribution is 2.41. The predicted octanol–water partition coefficient (Wildman–Crippen LogP) is 4.67. The third-order valence-electron chi connectivity index (χ3n) is 2.57. The number of hydrogen-bond acceptors (Lipinski definition) is 2. The Morgan fingerprint density at radius 1 is 1.28 bits per heavy atom. The van der Waals surface area contributed by atoms with Crippen molar-refractivity contribution < 1.29 is 17.6 Å². The summed E-state index contributed by atoms with van der Waals surface area (Å²) in [5.74, 6) is 1.00. The minimum absolute atomic E-state index is 0.0164. The van der Waals surface area contributed by atoms with Gasteiger partial charge in [0.1, 0.15) is 11.5 Å². The number of thiol groups is 1. The molecular weight excluding hydrogens is 261 g/mol. The summed E-state index contributed by atoms with van der Waals surface area (Å²) >= 11 is 4.11. The largest absolute Gasteiger partial charge is 0.466 e. The van der Waals surface area contributed by atoms with Gasteiger partial charge in [-0.1, -0.05) is 6.07 Å². The topological polar surface area (TPSA) is 13.1 Å². The summed E-state index contributed by atoms with van der Waals surface area (Å²) in [6.07, 6.45) is -4.47. The fraction of sp³-hybridized carbons (Fsp3) is 0.231. The van der Waals surface area contributed by atoms with E-state index in [2.05, 4.69) is 18.7 Å². The van der Waals surface area contributed by atoms with Gasteiger partial charge in [0.05, 0.1) is 5.56 Å². The standard InChI is InChI=1S/C13H10F3OS/c1-7-6-9(8(2)17-7)12-10(13(14,15)16)4-3-5-11(12)18/h3,5-6,18H,1-2H3. The van der Waals surface area contributed by atoms with Crippen LogP contribution in [0.15, 0.2) is 27.5 Å². The molecule has 1 aromatic carbocycles. The average molecular weight is 271 g/mol. The Labute approximate surface area is 108 Å². The number of alkyl halides is 3. The summed E-state index contributed by atoms with van der Waals surface area (Å²) in [7, 11) is 0. The highest BCUT2D eigenvalue weighted by Gasteiger charge is 2.35. The molecule has 2 aromatic rings. The molecule has 18 heavy (non-hydrogen) atoms. The second-order valence-electron chi connectivity index (χ2n) is 3.94. The Kier molecular flexibility index (Phi) is 3.19. The molecule has 0 unspecified atom stereocenters. The van der Waals surface area contributed by atoms with Crippen LogP contribution in [0.5, 0.6) is 0 Å². The molecule has 0 aliphatic rings. The molecule has 1 radical (unpaired) electrons. The molecule has 0 spiro atoms. The first kappa shape index (κ1) is 13.1. The van der Waals surface area contributed by atoms with Gasteiger partial charge in [0.2, 0.25) is 0 Å². The molecule has 0 atom stereocenters. The predicted molar refractivity (Wildman–Crippen MR) is 64.7 cm³/mol. The van der Waals surface area contributed by atoms with E-state index in [1.165, 1.54) is 12.1 Å². The Bertz CT molecular complexity index is 584. The summed E-state index contributed by atoms with van der Waals surface area (Å²) in [6.45, 7) is 3.32. The lowest BCUT2D eigenvalue weighted by atomic mass is 9.99. The minimum atomic E-state index is -4.47. The number of hydrogen-bond donors (Lipinski definition) is 1. The molecule has 0 amide bonds. The van der Waals surface area contributed by atoms with Crippen LogP contribution in [-0.2, 0) is 6.18 Å². The lowest BCUT2D eigenvalue weighted by Gasteiger charge is -2.13. The van der Waals surface area contributed by atoms with E-state index in [0.717, 1.165) is 0 Å². The van der Waals surface area contributed by atoms with Gasteiger partial charge in [-0.15, -0.1) is 12.6 Å². The van der Waals surface area contributed by atoms with E-state index in [0.29, 0.717) is 17.1 Å². The number of halogens is 3. The zero-order chi connectivity index (χ0) is 13.5. The lowest BCUT2D eigenvalue weighted by molar-refractivity contribution is -0.137. The molecule has 0 bridgehead atoms. The van der Waals surface area contributed by atoms with Gasteiger partial charge in [-0.25, -0.2) is 0 Å². The molecule has 1 heterocycles. The second-order valence-corrected chi connectivity index (χ2v) is 4.42. The van der Waals surface area contributed by atoms with E-state index in [-0.39, 0.29) is 10.5 Å². The second kappa shape index (κ2) is 4.39. The van der Waals surface area contributed by atoms with Gasteiger partial charge in [-0.05, 0) is 32.0 Å². The van der Waals surface area contributed by atoms with Crippen molar-refractivity contribution in [3.05, 3.63) is 41.3 Å². The van der Waals surface area contributed by atoms with Crippen LogP contribution < -0.4 is 0 Å². The maximum absolute atomic E-state index is 13.0. The van der Waals surface area contributed by atoms with Crippen molar-refractivity contribution in [2.24, 2.45) is 0 Å². The van der Waals surface area contributed by atoms with Crippen molar-refractivity contribution in [1.29, 1.82) is 0 Å². The molecule has 2 rings (SSSR count). The van der Waals surface area contributed by atoms with Crippen LogP contribution in [-0.4, -0.2) is 0 Å². The Morgan fingerprint density at radius 3 is 2.44 bits per heavy atom. The summed E-state index contributed by atoms with van der Waals surface area (Å²) < 4.78 is 44.1. The molecular formula is C13H10F3OS. The van der Waals surface area contributed by atoms with Crippen molar-refractivity contribution in [2.45, 2.75) is 24.9 Å². The van der Waals surface area contributed by atoms with Gasteiger partial charge in [-0.2, -0.15) is 13.2 Å². The van der Waals surface area contributed by atoms with Crippen LogP contribution in [0.1, 0.15) is 17.1 Å². The number of aryl methyl sites for hydroxylation is 2. The SMILES string of the molecule is Cc1cc(-c2c(C(F)(F)F)[c]ccc2S)c(C)o1. The van der Waals surface area contributed by atoms with Gasteiger partial charge < -0.3 is 4.42 Å². The van der Waals surface area contributed by atoms with E-state index < -0.39 is 11.7 Å². The molecule has 0 N–H and O–H groups in total. The van der Waals surface area contributed by atoms with Gasteiger partial charge in [0, 0.05) is 16.0 Å². The van der Waals surface area contributed by atoms with Crippen LogP contribution >= 0.6 is 12.6 Å². The Balaban J connectivity index is 2.74. The zero-order valence-electron chi connectivity index (χ0n) is 9.72. The summed E-state index contributed by atoms with van der Waals surface area (Å²) in [6, 6.07) is 6.51. The first-order valence-corrected chi connectivity index (χ1v) is 5.63. The molecule has 0 saturated carbocycles. The smallest absolute Gasteiger partial charge is 0.417 e. The van der Waals surface area contributed by atoms with E-state index in [4.69, 9.17) is 4.42 Å². The fourth-order valence-corrected chi connectivity index (χ4v) is 2.17. The molecule has 0 saturated heterocycles. The van der Waals surface area contributed by atoms with Gasteiger partial charge >= 0.3 is 6.18 Å². The summed E-state index contributed by atoms with van der Waals surface area (Å²) in [5.41, 5.74) is -0.400. The van der Waals surface area contributed by atoms with Gasteiger partial charge in [0.15, 0.2) is 0 Å². The quantitative estimate of drug-likeness (QED) is 0.744. The van der Waals surface area contributed by atoms with Crippen molar-refractivity contribution in [3.63, 3.8) is 0 Å². The monoisotopic (exact) mass is 271 g/mol. The third kappa shape index (κ3) is 2.27. The van der Waals surface area contributed by atoms with Crippen LogP contribution in [0.25, 0.3) is 11.1 Å². The average Bonchev–Trinajstić information content (AvgIpc) is 2.56. The van der Waals surface area contributed by atoms with Crippen molar-refractivity contribution in [1.82, 2.24) is 0 Å². The summed E-state index contributed by atoms with van der Waals surface area (Å²) in [4.78, 5) is 0.255. The maximum atomic E-state index is 13.0. The molecule has 0 aliphatic carbocycles. The molecule has 0 fully saturated rings. The molecule has 0 aliphatic heterocycles. The van der Waals surface area contributed by atoms with Crippen LogP contribution in [0.4, 0.5) is 13.2 Å². The van der Waals surface area contributed by atoms with Crippen molar-refractivity contribution in [3.8, 4) is 11.1 Å². The number of rotatable bonds is 1. The molecule has 1 nitrogen and oxygen atoms in total. The molecule has 95 valence electrons. The van der Waals surface area contributed by atoms with Crippen molar-refractivity contribution >= 4 is 12.6 Å². The number of benzene rings is 1. The third-order valence-corrected chi connectivity index (χ3v) is 2.94. The van der Waals surface area contributed by atoms with Gasteiger partial charge in [0.25, 0.3) is 0 Å². The Morgan fingerprint density at radius 2 is 1.94 bits per heavy atom. The highest BCUT2D eigenvalue weighted by molar-refractivity contribution is 7.80. The summed E-state index contributed by atoms with van der Waals surface area (Å²) in [5, 5.41) is 0. The van der Waals surface area contributed by atoms with Crippen LogP contribution in [0.3, 0.4) is 0 Å². The lowest BCUT2D eigenvalue weighted by Crippen LogP contribution is -2.08. The number of furan rings is 1. The minimum Gasteiger partial charge on any atom is -0.466 e. The Hall–Kier alpha value is -1.36. The highest BCUT2D eigenvalue weighted by atomic mass is 32.1. The first-order valence-electron chi connectivity index (χ1n) is 5.19. The zero-order valence-corrected chi connectivity index (χ0v) is 10.6. The molecule has 5 heteroatoms. The van der Waals surface area contributed by atoms with Crippen LogP contribution in [0, 0.1) is 19.9 Å². The van der Waals surface area contributed by atoms with Crippen molar-refractivity contribution in [2.75, 3.05) is 0 Å². The normalized spacial score (nSPS) is 11.9. The maximum Gasteiger partial charge on any atom is 0.417 e. The fourth-order valence-electron chi connectivity index (χ4n) is 1.86. The van der Waals surface area contributed by atoms with E-state index in [1.54, 1.807) is 19.9 Å². The van der Waals surface area contributed by atoms with E-state index in [1.807, 2.05) is 0 Å². The van der Waals surface area contributed by atoms with E-state index in [9.17, 15) is 13.2 Å². The van der Waals surface area contributed by atoms with Crippen LogP contribution in [0.2, 0.25) is 0 Å². The first-order chi connectivity index (χ1) is 8.30. The van der Waals surface area contributed by atoms with Gasteiger partial charge in [-0.3, -0.25) is 0 Å².